The van der Waals surface area contributed by atoms with Crippen LogP contribution >= 0.6 is 11.6 Å². The molecule has 1 aromatic carbocycles. The Morgan fingerprint density at radius 2 is 2.05 bits per heavy atom. The molecule has 0 radical (unpaired) electrons. The molecule has 1 fully saturated rings. The molecule has 22 heavy (non-hydrogen) atoms. The number of sulfonamides is 1. The van der Waals surface area contributed by atoms with E-state index in [1.165, 1.54) is 12.1 Å². The molecule has 0 unspecified atom stereocenters. The lowest BCUT2D eigenvalue weighted by molar-refractivity contribution is 0.519. The Bertz CT molecular complexity index is 741. The average Bonchev–Trinajstić information content (AvgIpc) is 2.90. The Kier molecular flexibility index (Phi) is 5.50. The lowest BCUT2D eigenvalue weighted by Crippen LogP contribution is -2.27. The van der Waals surface area contributed by atoms with E-state index >= 15 is 0 Å². The lowest BCUT2D eigenvalue weighted by atomic mass is 10.1. The molecule has 0 bridgehead atoms. The van der Waals surface area contributed by atoms with Crippen LogP contribution in [0.5, 0.6) is 0 Å². The van der Waals surface area contributed by atoms with Gasteiger partial charge in [-0.25, -0.2) is 21.6 Å². The summed E-state index contributed by atoms with van der Waals surface area (Å²) >= 11 is 5.91. The summed E-state index contributed by atoms with van der Waals surface area (Å²) in [6.45, 7) is 2.15. The number of sulfone groups is 1. The number of benzene rings is 1. The topological polar surface area (TPSA) is 92.3 Å². The highest BCUT2D eigenvalue weighted by Gasteiger charge is 2.21. The molecule has 0 aliphatic carbocycles. The maximum Gasteiger partial charge on any atom is 0.242 e. The number of hydrogen-bond acceptors (Lipinski definition) is 5. The number of halogens is 1. The minimum absolute atomic E-state index is 0.00225. The molecule has 124 valence electrons. The molecule has 0 aromatic heterocycles. The second kappa shape index (κ2) is 6.84. The smallest absolute Gasteiger partial charge is 0.242 e. The van der Waals surface area contributed by atoms with Crippen LogP contribution in [0.1, 0.15) is 12.8 Å². The highest BCUT2D eigenvalue weighted by Crippen LogP contribution is 2.25. The molecule has 0 amide bonds. The van der Waals surface area contributed by atoms with E-state index < -0.39 is 19.9 Å². The van der Waals surface area contributed by atoms with Crippen LogP contribution < -0.4 is 10.0 Å². The zero-order valence-electron chi connectivity index (χ0n) is 12.2. The third-order valence-corrected chi connectivity index (χ3v) is 6.68. The molecule has 0 spiro atoms. The van der Waals surface area contributed by atoms with Crippen LogP contribution in [0.4, 0.5) is 0 Å². The molecule has 2 N–H and O–H groups in total. The fraction of sp³-hybridized carbons (Fsp3) is 0.538. The van der Waals surface area contributed by atoms with Crippen LogP contribution in [0.2, 0.25) is 5.02 Å². The molecule has 1 heterocycles. The fourth-order valence-electron chi connectivity index (χ4n) is 2.36. The first kappa shape index (κ1) is 17.7. The van der Waals surface area contributed by atoms with Gasteiger partial charge in [0.1, 0.15) is 4.90 Å². The zero-order chi connectivity index (χ0) is 16.4. The Labute approximate surface area is 136 Å². The van der Waals surface area contributed by atoms with Gasteiger partial charge in [0.05, 0.1) is 9.92 Å². The maximum atomic E-state index is 12.3. The summed E-state index contributed by atoms with van der Waals surface area (Å²) in [5.74, 6) is 0.459. The van der Waals surface area contributed by atoms with E-state index in [4.69, 9.17) is 11.6 Å². The van der Waals surface area contributed by atoms with Crippen LogP contribution in [0.15, 0.2) is 28.0 Å². The molecule has 1 aromatic rings. The van der Waals surface area contributed by atoms with Crippen molar-refractivity contribution in [3.8, 4) is 0 Å². The van der Waals surface area contributed by atoms with Crippen molar-refractivity contribution in [3.63, 3.8) is 0 Å². The van der Waals surface area contributed by atoms with Crippen LogP contribution in [-0.4, -0.2) is 42.7 Å². The summed E-state index contributed by atoms with van der Waals surface area (Å²) in [6.07, 6.45) is 2.79. The van der Waals surface area contributed by atoms with Crippen LogP contribution in [0, 0.1) is 5.92 Å². The van der Waals surface area contributed by atoms with Gasteiger partial charge in [0, 0.05) is 12.8 Å². The van der Waals surface area contributed by atoms with Gasteiger partial charge >= 0.3 is 0 Å². The van der Waals surface area contributed by atoms with Crippen molar-refractivity contribution in [3.05, 3.63) is 23.2 Å². The van der Waals surface area contributed by atoms with Gasteiger partial charge in [0.2, 0.25) is 10.0 Å². The molecule has 6 nitrogen and oxygen atoms in total. The van der Waals surface area contributed by atoms with Crippen LogP contribution in [0.3, 0.4) is 0 Å². The summed E-state index contributed by atoms with van der Waals surface area (Å²) in [5.41, 5.74) is 0. The van der Waals surface area contributed by atoms with E-state index in [9.17, 15) is 16.8 Å². The quantitative estimate of drug-likeness (QED) is 0.784. The first-order chi connectivity index (χ1) is 10.2. The number of hydrogen-bond donors (Lipinski definition) is 2. The van der Waals surface area contributed by atoms with Gasteiger partial charge in [0.25, 0.3) is 0 Å². The van der Waals surface area contributed by atoms with Gasteiger partial charge in [-0.1, -0.05) is 11.6 Å². The van der Waals surface area contributed by atoms with E-state index in [0.29, 0.717) is 12.5 Å². The van der Waals surface area contributed by atoms with Gasteiger partial charge in [-0.15, -0.1) is 0 Å². The highest BCUT2D eigenvalue weighted by atomic mass is 35.5. The normalized spacial score (nSPS) is 19.5. The van der Waals surface area contributed by atoms with Crippen molar-refractivity contribution < 1.29 is 16.8 Å². The first-order valence-electron chi connectivity index (χ1n) is 6.90. The van der Waals surface area contributed by atoms with Crippen molar-refractivity contribution in [2.75, 3.05) is 25.9 Å². The Morgan fingerprint density at radius 3 is 2.64 bits per heavy atom. The molecule has 9 heteroatoms. The highest BCUT2D eigenvalue weighted by molar-refractivity contribution is 7.91. The average molecular weight is 367 g/mol. The Morgan fingerprint density at radius 1 is 1.32 bits per heavy atom. The summed E-state index contributed by atoms with van der Waals surface area (Å²) in [4.78, 5) is -0.279. The molecule has 1 saturated heterocycles. The molecule has 1 aliphatic heterocycles. The first-order valence-corrected chi connectivity index (χ1v) is 10.7. The van der Waals surface area contributed by atoms with Gasteiger partial charge < -0.3 is 5.32 Å². The third kappa shape index (κ3) is 4.42. The Balaban J connectivity index is 2.14. The van der Waals surface area contributed by atoms with Crippen LogP contribution in [-0.2, 0) is 19.9 Å². The minimum Gasteiger partial charge on any atom is -0.316 e. The van der Waals surface area contributed by atoms with Crippen molar-refractivity contribution in [2.45, 2.75) is 22.6 Å². The zero-order valence-corrected chi connectivity index (χ0v) is 14.6. The SMILES string of the molecule is CS(=O)(=O)c1ccc(Cl)c(S(=O)(=O)NCC[C@@H]2CCNC2)c1. The van der Waals surface area contributed by atoms with E-state index in [-0.39, 0.29) is 14.8 Å². The van der Waals surface area contributed by atoms with Gasteiger partial charge in [-0.3, -0.25) is 0 Å². The minimum atomic E-state index is -3.83. The van der Waals surface area contributed by atoms with Gasteiger partial charge in [0.15, 0.2) is 9.84 Å². The largest absolute Gasteiger partial charge is 0.316 e. The summed E-state index contributed by atoms with van der Waals surface area (Å²) in [5, 5.41) is 3.22. The molecular formula is C13H19ClN2O4S2. The maximum absolute atomic E-state index is 12.3. The van der Waals surface area contributed by atoms with E-state index in [1.807, 2.05) is 0 Å². The van der Waals surface area contributed by atoms with Gasteiger partial charge in [-0.05, 0) is 50.0 Å². The monoisotopic (exact) mass is 366 g/mol. The third-order valence-electron chi connectivity index (χ3n) is 3.63. The molecule has 0 saturated carbocycles. The predicted octanol–water partition coefficient (Wildman–Crippen LogP) is 1.02. The molecule has 2 rings (SSSR count). The number of nitrogens with one attached hydrogen (secondary N) is 2. The van der Waals surface area contributed by atoms with Gasteiger partial charge in [-0.2, -0.15) is 0 Å². The Hall–Kier alpha value is -0.670. The van der Waals surface area contributed by atoms with E-state index in [0.717, 1.165) is 38.3 Å². The lowest BCUT2D eigenvalue weighted by Gasteiger charge is -2.11. The summed E-state index contributed by atoms with van der Waals surface area (Å²) in [6, 6.07) is 3.67. The summed E-state index contributed by atoms with van der Waals surface area (Å²) < 4.78 is 50.2. The summed E-state index contributed by atoms with van der Waals surface area (Å²) in [7, 11) is -7.33. The molecular weight excluding hydrogens is 348 g/mol. The van der Waals surface area contributed by atoms with Crippen molar-refractivity contribution in [1.29, 1.82) is 0 Å². The molecule has 1 aliphatic rings. The van der Waals surface area contributed by atoms with Crippen molar-refractivity contribution in [2.24, 2.45) is 5.92 Å². The van der Waals surface area contributed by atoms with Crippen molar-refractivity contribution >= 4 is 31.5 Å². The van der Waals surface area contributed by atoms with Crippen LogP contribution in [0.25, 0.3) is 0 Å². The molecule has 1 atom stereocenters. The van der Waals surface area contributed by atoms with Crippen molar-refractivity contribution in [1.82, 2.24) is 10.0 Å². The number of rotatable bonds is 6. The second-order valence-electron chi connectivity index (χ2n) is 5.41. The fourth-order valence-corrected chi connectivity index (χ4v) is 4.65. The van der Waals surface area contributed by atoms with E-state index in [2.05, 4.69) is 10.0 Å². The second-order valence-corrected chi connectivity index (χ2v) is 9.57. The van der Waals surface area contributed by atoms with E-state index in [1.54, 1.807) is 0 Å². The predicted molar refractivity (Wildman–Crippen MR) is 85.3 cm³/mol. The standard InChI is InChI=1S/C13H19ClN2O4S2/c1-21(17,18)11-2-3-12(14)13(8-11)22(19,20)16-7-5-10-4-6-15-9-10/h2-3,8,10,15-16H,4-7,9H2,1H3/t10-/m0/s1.